The predicted octanol–water partition coefficient (Wildman–Crippen LogP) is 3.27. The number of benzene rings is 1. The number of ether oxygens (including phenoxy) is 2. The number of nitrogens with one attached hydrogen (secondary N) is 1. The SMILES string of the molecule is Cc1cc2c(N3CCN(CC[C@H]4CC[C@H](NC(=O)C[C@H]5COCCO5)CC4)CC3)noc2cc1F. The average Bonchev–Trinajstić information content (AvgIpc) is 3.27. The van der Waals surface area contributed by atoms with Crippen LogP contribution in [0.15, 0.2) is 16.7 Å². The van der Waals surface area contributed by atoms with Crippen molar-refractivity contribution in [1.29, 1.82) is 0 Å². The van der Waals surface area contributed by atoms with Gasteiger partial charge in [-0.3, -0.25) is 9.69 Å². The molecule has 1 N–H and O–H groups in total. The average molecular weight is 489 g/mol. The van der Waals surface area contributed by atoms with Crippen molar-refractivity contribution in [3.05, 3.63) is 23.5 Å². The third kappa shape index (κ3) is 6.13. The number of carbonyl (C=O) groups excluding carboxylic acids is 1. The number of amides is 1. The van der Waals surface area contributed by atoms with Gasteiger partial charge in [-0.25, -0.2) is 4.39 Å². The minimum atomic E-state index is -0.259. The number of aromatic nitrogens is 1. The second-order valence-corrected chi connectivity index (χ2v) is 10.3. The van der Waals surface area contributed by atoms with Gasteiger partial charge in [-0.15, -0.1) is 0 Å². The van der Waals surface area contributed by atoms with Crippen molar-refractivity contribution in [2.75, 3.05) is 57.4 Å². The molecule has 1 aromatic heterocycles. The first-order chi connectivity index (χ1) is 17.0. The van der Waals surface area contributed by atoms with E-state index in [2.05, 4.69) is 20.3 Å². The van der Waals surface area contributed by atoms with Gasteiger partial charge < -0.3 is 24.2 Å². The molecular formula is C26H37FN4O4. The Bertz CT molecular complexity index is 993. The minimum Gasteiger partial charge on any atom is -0.376 e. The molecule has 0 unspecified atom stereocenters. The quantitative estimate of drug-likeness (QED) is 0.641. The number of halogens is 1. The molecule has 3 aliphatic rings. The summed E-state index contributed by atoms with van der Waals surface area (Å²) >= 11 is 0. The van der Waals surface area contributed by atoms with E-state index in [0.717, 1.165) is 62.7 Å². The van der Waals surface area contributed by atoms with Crippen molar-refractivity contribution >= 4 is 22.7 Å². The van der Waals surface area contributed by atoms with Crippen LogP contribution >= 0.6 is 0 Å². The lowest BCUT2D eigenvalue weighted by Gasteiger charge is -2.36. The minimum absolute atomic E-state index is 0.0852. The van der Waals surface area contributed by atoms with Crippen molar-refractivity contribution in [2.45, 2.75) is 57.6 Å². The highest BCUT2D eigenvalue weighted by atomic mass is 19.1. The Morgan fingerprint density at radius 3 is 2.69 bits per heavy atom. The van der Waals surface area contributed by atoms with E-state index < -0.39 is 0 Å². The van der Waals surface area contributed by atoms with E-state index in [9.17, 15) is 9.18 Å². The zero-order valence-corrected chi connectivity index (χ0v) is 20.6. The molecule has 1 saturated carbocycles. The molecule has 192 valence electrons. The summed E-state index contributed by atoms with van der Waals surface area (Å²) in [4.78, 5) is 17.1. The van der Waals surface area contributed by atoms with Crippen LogP contribution in [0.3, 0.4) is 0 Å². The number of nitrogens with zero attached hydrogens (tertiary/aromatic N) is 3. The third-order valence-corrected chi connectivity index (χ3v) is 7.77. The second-order valence-electron chi connectivity index (χ2n) is 10.3. The molecule has 2 aliphatic heterocycles. The molecule has 5 rings (SSSR count). The van der Waals surface area contributed by atoms with Crippen molar-refractivity contribution in [3.8, 4) is 0 Å². The molecule has 2 saturated heterocycles. The number of hydrogen-bond donors (Lipinski definition) is 1. The summed E-state index contributed by atoms with van der Waals surface area (Å²) in [7, 11) is 0. The van der Waals surface area contributed by atoms with Crippen molar-refractivity contribution < 1.29 is 23.2 Å². The van der Waals surface area contributed by atoms with Gasteiger partial charge in [0.2, 0.25) is 5.91 Å². The first kappa shape index (κ1) is 24.5. The predicted molar refractivity (Wildman–Crippen MR) is 131 cm³/mol. The highest BCUT2D eigenvalue weighted by molar-refractivity contribution is 5.89. The monoisotopic (exact) mass is 488 g/mol. The standard InChI is InChI=1S/C26H37FN4O4/c1-18-14-22-24(16-23(18)27)35-29-26(22)31-10-8-30(9-11-31)7-6-19-2-4-20(5-3-19)28-25(32)15-21-17-33-12-13-34-21/h14,16,19-21H,2-13,15,17H2,1H3,(H,28,32)/t19-,20-,21-/m0/s1. The second kappa shape index (κ2) is 11.2. The van der Waals surface area contributed by atoms with Gasteiger partial charge in [-0.05, 0) is 63.1 Å². The topological polar surface area (TPSA) is 80.1 Å². The first-order valence-electron chi connectivity index (χ1n) is 13.1. The molecule has 3 fully saturated rings. The molecule has 0 bridgehead atoms. The molecule has 35 heavy (non-hydrogen) atoms. The number of piperazine rings is 1. The van der Waals surface area contributed by atoms with E-state index in [1.165, 1.54) is 25.3 Å². The highest BCUT2D eigenvalue weighted by Gasteiger charge is 2.26. The largest absolute Gasteiger partial charge is 0.376 e. The van der Waals surface area contributed by atoms with Gasteiger partial charge in [-0.1, -0.05) is 5.16 Å². The molecule has 0 radical (unpaired) electrons. The van der Waals surface area contributed by atoms with Crippen molar-refractivity contribution in [2.24, 2.45) is 5.92 Å². The summed E-state index contributed by atoms with van der Waals surface area (Å²) in [6.45, 7) is 8.38. The fourth-order valence-electron chi connectivity index (χ4n) is 5.57. The molecule has 3 heterocycles. The molecule has 1 aliphatic carbocycles. The smallest absolute Gasteiger partial charge is 0.222 e. The lowest BCUT2D eigenvalue weighted by Crippen LogP contribution is -2.47. The van der Waals surface area contributed by atoms with Crippen LogP contribution < -0.4 is 10.2 Å². The van der Waals surface area contributed by atoms with Crippen molar-refractivity contribution in [1.82, 2.24) is 15.4 Å². The lowest BCUT2D eigenvalue weighted by molar-refractivity contribution is -0.132. The normalized spacial score (nSPS) is 26.2. The molecular weight excluding hydrogens is 451 g/mol. The van der Waals surface area contributed by atoms with E-state index in [1.807, 2.05) is 6.07 Å². The van der Waals surface area contributed by atoms with Crippen LogP contribution in [0.2, 0.25) is 0 Å². The van der Waals surface area contributed by atoms with E-state index in [-0.39, 0.29) is 17.8 Å². The van der Waals surface area contributed by atoms with Crippen LogP contribution in [-0.4, -0.2) is 80.7 Å². The van der Waals surface area contributed by atoms with Gasteiger partial charge in [0.1, 0.15) is 5.82 Å². The van der Waals surface area contributed by atoms with Crippen LogP contribution in [0.25, 0.3) is 11.0 Å². The van der Waals surface area contributed by atoms with Crippen LogP contribution in [-0.2, 0) is 14.3 Å². The number of aryl methyl sites for hydroxylation is 1. The van der Waals surface area contributed by atoms with Gasteiger partial charge in [-0.2, -0.15) is 0 Å². The molecule has 9 heteroatoms. The maximum atomic E-state index is 13.8. The summed E-state index contributed by atoms with van der Waals surface area (Å²) < 4.78 is 30.2. The number of rotatable bonds is 7. The fraction of sp³-hybridized carbons (Fsp3) is 0.692. The number of hydrogen-bond acceptors (Lipinski definition) is 7. The zero-order valence-electron chi connectivity index (χ0n) is 20.6. The molecule has 8 nitrogen and oxygen atoms in total. The Kier molecular flexibility index (Phi) is 7.84. The number of anilines is 1. The van der Waals surface area contributed by atoms with Gasteiger partial charge in [0.25, 0.3) is 0 Å². The van der Waals surface area contributed by atoms with Crippen LogP contribution in [0.5, 0.6) is 0 Å². The summed E-state index contributed by atoms with van der Waals surface area (Å²) in [6, 6.07) is 3.55. The van der Waals surface area contributed by atoms with E-state index in [1.54, 1.807) is 6.92 Å². The van der Waals surface area contributed by atoms with Gasteiger partial charge in [0.05, 0.1) is 37.7 Å². The lowest BCUT2D eigenvalue weighted by atomic mass is 9.84. The van der Waals surface area contributed by atoms with Crippen LogP contribution in [0.4, 0.5) is 10.2 Å². The molecule has 0 spiro atoms. The van der Waals surface area contributed by atoms with E-state index in [4.69, 9.17) is 14.0 Å². The Balaban J connectivity index is 1.00. The fourth-order valence-corrected chi connectivity index (χ4v) is 5.57. The number of carbonyl (C=O) groups is 1. The van der Waals surface area contributed by atoms with Gasteiger partial charge >= 0.3 is 0 Å². The molecule has 1 amide bonds. The summed E-state index contributed by atoms with van der Waals surface area (Å²) in [5.74, 6) is 1.38. The molecule has 2 aromatic rings. The first-order valence-corrected chi connectivity index (χ1v) is 13.1. The Morgan fingerprint density at radius 2 is 1.94 bits per heavy atom. The van der Waals surface area contributed by atoms with Gasteiger partial charge in [0, 0.05) is 38.3 Å². The Morgan fingerprint density at radius 1 is 1.14 bits per heavy atom. The van der Waals surface area contributed by atoms with Crippen molar-refractivity contribution in [3.63, 3.8) is 0 Å². The van der Waals surface area contributed by atoms with E-state index >= 15 is 0 Å². The summed E-state index contributed by atoms with van der Waals surface area (Å²) in [6.07, 6.45) is 5.97. The summed E-state index contributed by atoms with van der Waals surface area (Å²) in [5, 5.41) is 8.32. The molecule has 1 atom stereocenters. The zero-order chi connectivity index (χ0) is 24.2. The number of fused-ring (bicyclic) bond motifs is 1. The van der Waals surface area contributed by atoms with E-state index in [0.29, 0.717) is 43.4 Å². The van der Waals surface area contributed by atoms with Gasteiger partial charge in [0.15, 0.2) is 11.4 Å². The Hall–Kier alpha value is -2.23. The Labute approximate surface area is 206 Å². The summed E-state index contributed by atoms with van der Waals surface area (Å²) in [5.41, 5.74) is 1.12. The maximum absolute atomic E-state index is 13.8. The maximum Gasteiger partial charge on any atom is 0.222 e. The van der Waals surface area contributed by atoms with Crippen LogP contribution in [0, 0.1) is 18.7 Å². The molecule has 1 aromatic carbocycles. The van der Waals surface area contributed by atoms with Crippen LogP contribution in [0.1, 0.15) is 44.1 Å². The third-order valence-electron chi connectivity index (χ3n) is 7.77. The highest BCUT2D eigenvalue weighted by Crippen LogP contribution is 2.30.